The molecule has 2 rings (SSSR count). The van der Waals surface area contributed by atoms with E-state index in [1.54, 1.807) is 0 Å². The maximum atomic E-state index is 6.51. The molecule has 0 bridgehead atoms. The number of hydrogen-bond acceptors (Lipinski definition) is 1. The first kappa shape index (κ1) is 14.6. The molecule has 106 valence electrons. The largest absolute Gasteiger partial charge is 0.324 e. The van der Waals surface area contributed by atoms with Gasteiger partial charge >= 0.3 is 0 Å². The average molecular weight is 259 g/mol. The Morgan fingerprint density at radius 1 is 1.00 bits per heavy atom. The van der Waals surface area contributed by atoms with Crippen LogP contribution in [0.2, 0.25) is 0 Å². The first-order chi connectivity index (χ1) is 8.73. The van der Waals surface area contributed by atoms with E-state index in [4.69, 9.17) is 5.73 Å². The molecule has 0 aliphatic heterocycles. The van der Waals surface area contributed by atoms with Gasteiger partial charge in [0.2, 0.25) is 0 Å². The summed E-state index contributed by atoms with van der Waals surface area (Å²) in [5.41, 5.74) is 9.92. The van der Waals surface area contributed by atoms with Crippen LogP contribution in [0.3, 0.4) is 0 Å². The van der Waals surface area contributed by atoms with Gasteiger partial charge in [-0.2, -0.15) is 0 Å². The fourth-order valence-electron chi connectivity index (χ4n) is 3.62. The van der Waals surface area contributed by atoms with Gasteiger partial charge in [-0.05, 0) is 40.2 Å². The lowest BCUT2D eigenvalue weighted by Gasteiger charge is -2.16. The smallest absolute Gasteiger partial charge is 0.0334 e. The van der Waals surface area contributed by atoms with Crippen LogP contribution in [0.25, 0.3) is 0 Å². The van der Waals surface area contributed by atoms with Gasteiger partial charge in [-0.3, -0.25) is 0 Å². The second kappa shape index (κ2) is 4.63. The van der Waals surface area contributed by atoms with E-state index in [0.717, 1.165) is 0 Å². The van der Waals surface area contributed by atoms with Crippen LogP contribution in [-0.2, 0) is 0 Å². The Morgan fingerprint density at radius 2 is 1.42 bits per heavy atom. The zero-order valence-electron chi connectivity index (χ0n) is 13.3. The van der Waals surface area contributed by atoms with Crippen molar-refractivity contribution in [2.45, 2.75) is 59.9 Å². The Morgan fingerprint density at radius 3 is 1.79 bits per heavy atom. The molecule has 0 spiro atoms. The molecule has 1 nitrogen and oxygen atoms in total. The molecule has 1 aliphatic carbocycles. The SMILES string of the molecule is CCC(C)c1ccc(C(N)C2C(C)(C)C2(C)C)cc1. The molecule has 2 unspecified atom stereocenters. The van der Waals surface area contributed by atoms with Crippen molar-refractivity contribution in [3.05, 3.63) is 35.4 Å². The van der Waals surface area contributed by atoms with E-state index >= 15 is 0 Å². The fraction of sp³-hybridized carbons (Fsp3) is 0.667. The minimum atomic E-state index is 0.163. The maximum Gasteiger partial charge on any atom is 0.0334 e. The summed E-state index contributed by atoms with van der Waals surface area (Å²) in [5.74, 6) is 1.22. The highest BCUT2D eigenvalue weighted by molar-refractivity contribution is 5.30. The zero-order chi connectivity index (χ0) is 14.4. The molecule has 0 amide bonds. The standard InChI is InChI=1S/C18H29N/c1-7-12(2)13-8-10-14(11-9-13)15(19)16-17(3,4)18(16,5)6/h8-12,15-16H,7,19H2,1-6H3. The van der Waals surface area contributed by atoms with Crippen LogP contribution in [-0.4, -0.2) is 0 Å². The van der Waals surface area contributed by atoms with Crippen LogP contribution in [0.4, 0.5) is 0 Å². The highest BCUT2D eigenvalue weighted by atomic mass is 14.8. The van der Waals surface area contributed by atoms with Gasteiger partial charge in [-0.25, -0.2) is 0 Å². The van der Waals surface area contributed by atoms with Crippen molar-refractivity contribution in [1.82, 2.24) is 0 Å². The van der Waals surface area contributed by atoms with Crippen molar-refractivity contribution in [2.75, 3.05) is 0 Å². The fourth-order valence-corrected chi connectivity index (χ4v) is 3.62. The van der Waals surface area contributed by atoms with E-state index in [2.05, 4.69) is 65.8 Å². The van der Waals surface area contributed by atoms with Crippen LogP contribution in [0.5, 0.6) is 0 Å². The Hall–Kier alpha value is -0.820. The maximum absolute atomic E-state index is 6.51. The predicted octanol–water partition coefficient (Wildman–Crippen LogP) is 4.88. The third-order valence-corrected chi connectivity index (χ3v) is 5.99. The highest BCUT2D eigenvalue weighted by Crippen LogP contribution is 2.71. The Bertz CT molecular complexity index is 427. The Balaban J connectivity index is 2.16. The summed E-state index contributed by atoms with van der Waals surface area (Å²) < 4.78 is 0. The number of benzene rings is 1. The lowest BCUT2D eigenvalue weighted by Crippen LogP contribution is -2.16. The molecule has 1 heteroatoms. The van der Waals surface area contributed by atoms with Crippen LogP contribution < -0.4 is 5.73 Å². The summed E-state index contributed by atoms with van der Waals surface area (Å²) in [6, 6.07) is 9.14. The number of hydrogen-bond donors (Lipinski definition) is 1. The van der Waals surface area contributed by atoms with Gasteiger partial charge in [0.05, 0.1) is 0 Å². The van der Waals surface area contributed by atoms with Crippen LogP contribution >= 0.6 is 0 Å². The van der Waals surface area contributed by atoms with Crippen molar-refractivity contribution in [2.24, 2.45) is 22.5 Å². The first-order valence-electron chi connectivity index (χ1n) is 7.59. The lowest BCUT2D eigenvalue weighted by molar-refractivity contribution is 0.457. The third-order valence-electron chi connectivity index (χ3n) is 5.99. The molecule has 1 aromatic rings. The highest BCUT2D eigenvalue weighted by Gasteiger charge is 2.66. The van der Waals surface area contributed by atoms with Gasteiger partial charge in [-0.15, -0.1) is 0 Å². The summed E-state index contributed by atoms with van der Waals surface area (Å²) >= 11 is 0. The van der Waals surface area contributed by atoms with Gasteiger partial charge in [0.1, 0.15) is 0 Å². The molecule has 1 fully saturated rings. The molecule has 2 atom stereocenters. The minimum Gasteiger partial charge on any atom is -0.324 e. The molecular formula is C18H29N. The van der Waals surface area contributed by atoms with Crippen molar-refractivity contribution >= 4 is 0 Å². The van der Waals surface area contributed by atoms with E-state index < -0.39 is 0 Å². The first-order valence-corrected chi connectivity index (χ1v) is 7.59. The van der Waals surface area contributed by atoms with Crippen LogP contribution in [0, 0.1) is 16.7 Å². The molecule has 19 heavy (non-hydrogen) atoms. The average Bonchev–Trinajstić information content (AvgIpc) is 2.78. The summed E-state index contributed by atoms with van der Waals surface area (Å²) in [6.45, 7) is 13.9. The second-order valence-electron chi connectivity index (χ2n) is 7.42. The second-order valence-corrected chi connectivity index (χ2v) is 7.42. The van der Waals surface area contributed by atoms with Gasteiger partial charge < -0.3 is 5.73 Å². The van der Waals surface area contributed by atoms with Crippen molar-refractivity contribution in [3.8, 4) is 0 Å². The molecule has 1 saturated carbocycles. The lowest BCUT2D eigenvalue weighted by atomic mass is 9.93. The van der Waals surface area contributed by atoms with Crippen LogP contribution in [0.1, 0.15) is 71.0 Å². The Kier molecular flexibility index (Phi) is 3.55. The van der Waals surface area contributed by atoms with Gasteiger partial charge in [0.15, 0.2) is 0 Å². The molecule has 1 aliphatic rings. The van der Waals surface area contributed by atoms with Crippen molar-refractivity contribution in [1.29, 1.82) is 0 Å². The summed E-state index contributed by atoms with van der Waals surface area (Å²) in [6.07, 6.45) is 1.19. The molecular weight excluding hydrogens is 230 g/mol. The predicted molar refractivity (Wildman–Crippen MR) is 83.1 cm³/mol. The van der Waals surface area contributed by atoms with E-state index in [1.807, 2.05) is 0 Å². The zero-order valence-corrected chi connectivity index (χ0v) is 13.3. The number of rotatable bonds is 4. The van der Waals surface area contributed by atoms with E-state index in [-0.39, 0.29) is 6.04 Å². The van der Waals surface area contributed by atoms with E-state index in [1.165, 1.54) is 17.5 Å². The molecule has 1 aromatic carbocycles. The van der Waals surface area contributed by atoms with E-state index in [0.29, 0.717) is 22.7 Å². The third kappa shape index (κ3) is 2.23. The molecule has 0 aromatic heterocycles. The summed E-state index contributed by atoms with van der Waals surface area (Å²) in [5, 5.41) is 0. The van der Waals surface area contributed by atoms with Crippen LogP contribution in [0.15, 0.2) is 24.3 Å². The number of nitrogens with two attached hydrogens (primary N) is 1. The van der Waals surface area contributed by atoms with Gasteiger partial charge in [0.25, 0.3) is 0 Å². The topological polar surface area (TPSA) is 26.0 Å². The van der Waals surface area contributed by atoms with E-state index in [9.17, 15) is 0 Å². The van der Waals surface area contributed by atoms with Crippen molar-refractivity contribution < 1.29 is 0 Å². The van der Waals surface area contributed by atoms with Crippen molar-refractivity contribution in [3.63, 3.8) is 0 Å². The van der Waals surface area contributed by atoms with Gasteiger partial charge in [-0.1, -0.05) is 65.8 Å². The molecule has 2 N–H and O–H groups in total. The monoisotopic (exact) mass is 259 g/mol. The molecule has 0 heterocycles. The minimum absolute atomic E-state index is 0.163. The molecule has 0 saturated heterocycles. The molecule has 0 radical (unpaired) electrons. The quantitative estimate of drug-likeness (QED) is 0.819. The normalized spacial score (nSPS) is 23.9. The van der Waals surface area contributed by atoms with Gasteiger partial charge in [0, 0.05) is 6.04 Å². The summed E-state index contributed by atoms with van der Waals surface area (Å²) in [7, 11) is 0. The summed E-state index contributed by atoms with van der Waals surface area (Å²) in [4.78, 5) is 0. The Labute approximate surface area is 118 Å².